The van der Waals surface area contributed by atoms with E-state index in [1.54, 1.807) is 11.1 Å². The van der Waals surface area contributed by atoms with Gasteiger partial charge in [0.15, 0.2) is 0 Å². The third kappa shape index (κ3) is 4.38. The van der Waals surface area contributed by atoms with Crippen molar-refractivity contribution in [3.05, 3.63) is 59.3 Å². The lowest BCUT2D eigenvalue weighted by Crippen LogP contribution is -2.51. The van der Waals surface area contributed by atoms with Gasteiger partial charge in [0.2, 0.25) is 0 Å². The highest BCUT2D eigenvalue weighted by atomic mass is 19.4. The molecule has 0 N–H and O–H groups in total. The summed E-state index contributed by atoms with van der Waals surface area (Å²) in [6.07, 6.45) is 9.77. The topological polar surface area (TPSA) is 30.7 Å². The molecule has 2 unspecified atom stereocenters. The summed E-state index contributed by atoms with van der Waals surface area (Å²) in [5, 5.41) is 8.69. The van der Waals surface area contributed by atoms with Gasteiger partial charge in [-0.25, -0.2) is 0 Å². The second-order valence-corrected chi connectivity index (χ2v) is 11.8. The molecule has 3 nitrogen and oxygen atoms in total. The van der Waals surface area contributed by atoms with Gasteiger partial charge in [0.25, 0.3) is 0 Å². The maximum absolute atomic E-state index is 12.9. The zero-order valence-electron chi connectivity index (χ0n) is 21.2. The number of hydrogen-bond donors (Lipinski definition) is 0. The maximum Gasteiger partial charge on any atom is 0.416 e. The molecule has 0 spiro atoms. The van der Waals surface area contributed by atoms with Crippen molar-refractivity contribution >= 4 is 0 Å². The molecule has 0 bridgehead atoms. The van der Waals surface area contributed by atoms with E-state index in [0.29, 0.717) is 29.0 Å². The first-order valence-corrected chi connectivity index (χ1v) is 13.0. The Hall–Kier alpha value is -2.37. The number of aromatic nitrogens is 3. The second kappa shape index (κ2) is 8.63. The molecule has 2 aromatic rings. The van der Waals surface area contributed by atoms with Crippen molar-refractivity contribution in [2.45, 2.75) is 78.9 Å². The van der Waals surface area contributed by atoms with Crippen LogP contribution in [-0.4, -0.2) is 15.0 Å². The van der Waals surface area contributed by atoms with Gasteiger partial charge < -0.3 is 0 Å². The van der Waals surface area contributed by atoms with E-state index in [1.165, 1.54) is 37.8 Å². The molecule has 0 amide bonds. The number of nitrogens with zero attached hydrogens (tertiary/aromatic N) is 3. The number of hydrogen-bond acceptors (Lipinski definition) is 2. The van der Waals surface area contributed by atoms with Gasteiger partial charge in [0.1, 0.15) is 5.69 Å². The number of fused-ring (bicyclic) bond motifs is 3. The van der Waals surface area contributed by atoms with Crippen LogP contribution in [0.15, 0.2) is 53.8 Å². The summed E-state index contributed by atoms with van der Waals surface area (Å²) in [7, 11) is 0. The van der Waals surface area contributed by atoms with Crippen molar-refractivity contribution < 1.29 is 13.2 Å². The molecular formula is C29H36F3N3. The van der Waals surface area contributed by atoms with Gasteiger partial charge in [-0.3, -0.25) is 4.68 Å². The SMILES string of the molecule is CC(C)C1=CC2=CCC3[C@](C)(Cn4cc(-c5ccc(C(F)(F)F)cc5)nn4)CCC[C@]3(C)C2CC1. The fourth-order valence-electron chi connectivity index (χ4n) is 7.37. The van der Waals surface area contributed by atoms with E-state index in [9.17, 15) is 13.2 Å². The lowest BCUT2D eigenvalue weighted by Gasteiger charge is -2.58. The van der Waals surface area contributed by atoms with E-state index in [1.807, 2.05) is 10.9 Å². The van der Waals surface area contributed by atoms with E-state index < -0.39 is 11.7 Å². The Morgan fingerprint density at radius 1 is 1.11 bits per heavy atom. The fourth-order valence-corrected chi connectivity index (χ4v) is 7.37. The molecule has 1 aromatic heterocycles. The molecule has 3 aliphatic carbocycles. The smallest absolute Gasteiger partial charge is 0.251 e. The average Bonchev–Trinajstić information content (AvgIpc) is 3.26. The highest BCUT2D eigenvalue weighted by molar-refractivity contribution is 5.58. The molecule has 3 aliphatic rings. The van der Waals surface area contributed by atoms with Gasteiger partial charge in [-0.15, -0.1) is 5.10 Å². The molecule has 1 fully saturated rings. The molecule has 188 valence electrons. The standard InChI is InChI=1S/C29H36F3N3/c1-19(2)21-8-12-24-22(16-21)9-13-26-27(3,14-5-15-28(24,26)4)18-35-17-25(33-34-35)20-6-10-23(11-7-20)29(30,31)32/h6-7,9-11,16-17,19,24,26H,5,8,12-15,18H2,1-4H3/t24?,26?,27-,28+/m0/s1. The van der Waals surface area contributed by atoms with Gasteiger partial charge in [0, 0.05) is 12.1 Å². The predicted octanol–water partition coefficient (Wildman–Crippen LogP) is 8.10. The summed E-state index contributed by atoms with van der Waals surface area (Å²) in [6.45, 7) is 10.3. The van der Waals surface area contributed by atoms with Crippen LogP contribution in [0.5, 0.6) is 0 Å². The summed E-state index contributed by atoms with van der Waals surface area (Å²) in [4.78, 5) is 0. The minimum atomic E-state index is -4.34. The van der Waals surface area contributed by atoms with Crippen LogP contribution in [0.3, 0.4) is 0 Å². The van der Waals surface area contributed by atoms with Gasteiger partial charge in [-0.05, 0) is 78.4 Å². The Bertz CT molecular complexity index is 1140. The second-order valence-electron chi connectivity index (χ2n) is 11.8. The normalized spacial score (nSPS) is 31.0. The Morgan fingerprint density at radius 3 is 2.54 bits per heavy atom. The molecule has 5 rings (SSSR count). The van der Waals surface area contributed by atoms with Crippen molar-refractivity contribution in [2.75, 3.05) is 0 Å². The summed E-state index contributed by atoms with van der Waals surface area (Å²) < 4.78 is 40.7. The molecule has 1 heterocycles. The lowest BCUT2D eigenvalue weighted by molar-refractivity contribution is -0.137. The number of rotatable bonds is 4. The zero-order chi connectivity index (χ0) is 25.0. The summed E-state index contributed by atoms with van der Waals surface area (Å²) in [6, 6.07) is 5.17. The molecule has 6 heteroatoms. The zero-order valence-corrected chi connectivity index (χ0v) is 21.2. The third-order valence-corrected chi connectivity index (χ3v) is 9.27. The predicted molar refractivity (Wildman–Crippen MR) is 132 cm³/mol. The highest BCUT2D eigenvalue weighted by Crippen LogP contribution is 2.62. The van der Waals surface area contributed by atoms with E-state index >= 15 is 0 Å². The van der Waals surface area contributed by atoms with Crippen molar-refractivity contribution in [3.63, 3.8) is 0 Å². The van der Waals surface area contributed by atoms with Crippen LogP contribution in [0, 0.1) is 28.6 Å². The Labute approximate surface area is 206 Å². The van der Waals surface area contributed by atoms with Crippen LogP contribution in [0.2, 0.25) is 0 Å². The van der Waals surface area contributed by atoms with Gasteiger partial charge in [-0.1, -0.05) is 69.2 Å². The first-order valence-electron chi connectivity index (χ1n) is 13.0. The largest absolute Gasteiger partial charge is 0.416 e. The van der Waals surface area contributed by atoms with Crippen molar-refractivity contribution in [3.8, 4) is 11.3 Å². The van der Waals surface area contributed by atoms with E-state index in [4.69, 9.17) is 0 Å². The fraction of sp³-hybridized carbons (Fsp3) is 0.586. The molecule has 0 saturated heterocycles. The molecule has 0 aliphatic heterocycles. The lowest BCUT2D eigenvalue weighted by atomic mass is 9.47. The molecule has 0 radical (unpaired) electrons. The quantitative estimate of drug-likeness (QED) is 0.440. The first-order chi connectivity index (χ1) is 16.5. The number of allylic oxidation sites excluding steroid dienone is 4. The number of benzene rings is 1. The summed E-state index contributed by atoms with van der Waals surface area (Å²) in [5.74, 6) is 1.82. The monoisotopic (exact) mass is 483 g/mol. The van der Waals surface area contributed by atoms with Crippen LogP contribution < -0.4 is 0 Å². The molecule has 4 atom stereocenters. The molecule has 1 saturated carbocycles. The Kier molecular flexibility index (Phi) is 6.00. The number of alkyl halides is 3. The van der Waals surface area contributed by atoms with Crippen LogP contribution in [-0.2, 0) is 12.7 Å². The van der Waals surface area contributed by atoms with E-state index in [2.05, 4.69) is 50.2 Å². The average molecular weight is 484 g/mol. The van der Waals surface area contributed by atoms with Crippen LogP contribution in [0.25, 0.3) is 11.3 Å². The van der Waals surface area contributed by atoms with Crippen LogP contribution in [0.4, 0.5) is 13.2 Å². The molecular weight excluding hydrogens is 447 g/mol. The molecule has 35 heavy (non-hydrogen) atoms. The van der Waals surface area contributed by atoms with Crippen molar-refractivity contribution in [1.82, 2.24) is 15.0 Å². The molecule has 1 aromatic carbocycles. The minimum Gasteiger partial charge on any atom is -0.251 e. The summed E-state index contributed by atoms with van der Waals surface area (Å²) in [5.41, 5.74) is 4.16. The van der Waals surface area contributed by atoms with E-state index in [-0.39, 0.29) is 10.8 Å². The van der Waals surface area contributed by atoms with Crippen LogP contribution >= 0.6 is 0 Å². The maximum atomic E-state index is 12.9. The first kappa shape index (κ1) is 24.3. The number of halogens is 3. The third-order valence-electron chi connectivity index (χ3n) is 9.27. The minimum absolute atomic E-state index is 0.0994. The van der Waals surface area contributed by atoms with Crippen molar-refractivity contribution in [1.29, 1.82) is 0 Å². The Balaban J connectivity index is 1.37. The van der Waals surface area contributed by atoms with Crippen LogP contribution in [0.1, 0.15) is 71.8 Å². The van der Waals surface area contributed by atoms with Gasteiger partial charge in [0.05, 0.1) is 11.8 Å². The van der Waals surface area contributed by atoms with Gasteiger partial charge in [-0.2, -0.15) is 13.2 Å². The van der Waals surface area contributed by atoms with Gasteiger partial charge >= 0.3 is 6.18 Å². The Morgan fingerprint density at radius 2 is 1.86 bits per heavy atom. The summed E-state index contributed by atoms with van der Waals surface area (Å²) >= 11 is 0. The van der Waals surface area contributed by atoms with Crippen molar-refractivity contribution in [2.24, 2.45) is 28.6 Å². The van der Waals surface area contributed by atoms with E-state index in [0.717, 1.165) is 31.5 Å². The highest BCUT2D eigenvalue weighted by Gasteiger charge is 2.54.